The van der Waals surface area contributed by atoms with Crippen LogP contribution in [0.1, 0.15) is 56.7 Å². The molecule has 5 rings (SSSR count). The lowest BCUT2D eigenvalue weighted by Crippen LogP contribution is -2.50. The number of piperazine rings is 1. The van der Waals surface area contributed by atoms with Crippen LogP contribution < -0.4 is 25.8 Å². The van der Waals surface area contributed by atoms with Crippen molar-refractivity contribution in [2.24, 2.45) is 0 Å². The topological polar surface area (TPSA) is 117 Å². The number of benzene rings is 2. The van der Waals surface area contributed by atoms with E-state index in [4.69, 9.17) is 5.26 Å². The number of nitrogens with one attached hydrogen (secondary N) is 3. The number of aromatic nitrogens is 1. The minimum atomic E-state index is -0.294. The lowest BCUT2D eigenvalue weighted by Gasteiger charge is -2.40. The summed E-state index contributed by atoms with van der Waals surface area (Å²) in [4.78, 5) is 37.6. The monoisotopic (exact) mass is 620 g/mol. The van der Waals surface area contributed by atoms with Crippen molar-refractivity contribution in [2.75, 3.05) is 47.1 Å². The van der Waals surface area contributed by atoms with Crippen molar-refractivity contribution in [3.8, 4) is 6.07 Å². The Hall–Kier alpha value is -4.88. The molecule has 10 nitrogen and oxygen atoms in total. The number of carbonyl (C=O) groups is 2. The van der Waals surface area contributed by atoms with E-state index in [2.05, 4.69) is 57.4 Å². The lowest BCUT2D eigenvalue weighted by molar-refractivity contribution is -0.111. The predicted octanol–water partition coefficient (Wildman–Crippen LogP) is 5.92. The summed E-state index contributed by atoms with van der Waals surface area (Å²) in [7, 11) is 2.13. The maximum Gasteiger partial charge on any atom is 0.322 e. The number of carbonyl (C=O) groups excluding carboxylic acids is 2. The molecule has 240 valence electrons. The van der Waals surface area contributed by atoms with Gasteiger partial charge in [-0.1, -0.05) is 36.9 Å². The third-order valence-electron chi connectivity index (χ3n) is 9.17. The SMILES string of the molecule is C=CC(=O)Nc1cc(N(C(=O)N[C@@H](C)c2ccccc2)C2CCC(Nc3ccc(C#N)cn3)CC2)ccc1N1CCN(C)C(C)C1. The van der Waals surface area contributed by atoms with Crippen molar-refractivity contribution in [1.82, 2.24) is 15.2 Å². The Morgan fingerprint density at radius 1 is 1.09 bits per heavy atom. The molecule has 0 bridgehead atoms. The molecular formula is C36H44N8O2. The Labute approximate surface area is 272 Å². The van der Waals surface area contributed by atoms with Gasteiger partial charge in [0.2, 0.25) is 5.91 Å². The van der Waals surface area contributed by atoms with Gasteiger partial charge in [0.15, 0.2) is 0 Å². The highest BCUT2D eigenvalue weighted by Gasteiger charge is 2.32. The maximum absolute atomic E-state index is 14.2. The molecule has 0 spiro atoms. The van der Waals surface area contributed by atoms with Crippen molar-refractivity contribution >= 4 is 34.8 Å². The van der Waals surface area contributed by atoms with Gasteiger partial charge in [-0.3, -0.25) is 9.69 Å². The second kappa shape index (κ2) is 14.9. The molecule has 1 aromatic heterocycles. The summed E-state index contributed by atoms with van der Waals surface area (Å²) < 4.78 is 0. The summed E-state index contributed by atoms with van der Waals surface area (Å²) in [5.41, 5.74) is 3.87. The number of anilines is 4. The number of nitriles is 1. The van der Waals surface area contributed by atoms with Crippen LogP contribution in [0, 0.1) is 11.3 Å². The van der Waals surface area contributed by atoms with E-state index in [1.807, 2.05) is 66.4 Å². The van der Waals surface area contributed by atoms with Crippen molar-refractivity contribution in [3.63, 3.8) is 0 Å². The molecule has 3 N–H and O–H groups in total. The minimum absolute atomic E-state index is 0.0487. The number of hydrogen-bond acceptors (Lipinski definition) is 7. The van der Waals surface area contributed by atoms with Crippen LogP contribution in [0.4, 0.5) is 27.7 Å². The molecule has 1 unspecified atom stereocenters. The standard InChI is InChI=1S/C36H44N8O2/c1-5-35(45)41-32-21-31(16-17-33(32)43-20-19-42(4)25(2)24-43)44(36(46)39-26(3)28-9-7-6-8-10-28)30-14-12-29(13-15-30)40-34-18-11-27(22-37)23-38-34/h5-11,16-18,21,23,25-26,29-30H,1,12-15,19-20,24H2,2-4H3,(H,38,40)(H,39,46)(H,41,45)/t25?,26-,29?,30?/m0/s1. The van der Waals surface area contributed by atoms with Crippen LogP contribution in [0.25, 0.3) is 0 Å². The van der Waals surface area contributed by atoms with Gasteiger partial charge in [-0.05, 0) is 88.5 Å². The first-order chi connectivity index (χ1) is 22.2. The molecule has 10 heteroatoms. The predicted molar refractivity (Wildman–Crippen MR) is 184 cm³/mol. The number of hydrogen-bond donors (Lipinski definition) is 3. The highest BCUT2D eigenvalue weighted by Crippen LogP contribution is 2.36. The Kier molecular flexibility index (Phi) is 10.6. The molecule has 3 aromatic rings. The van der Waals surface area contributed by atoms with Crippen LogP contribution in [0.15, 0.2) is 79.5 Å². The van der Waals surface area contributed by atoms with E-state index in [1.54, 1.807) is 12.3 Å². The molecule has 2 heterocycles. The summed E-state index contributed by atoms with van der Waals surface area (Å²) in [6.07, 6.45) is 6.11. The molecule has 1 aliphatic heterocycles. The van der Waals surface area contributed by atoms with E-state index in [1.165, 1.54) is 6.08 Å². The number of urea groups is 1. The molecule has 3 amide bonds. The van der Waals surface area contributed by atoms with Crippen LogP contribution >= 0.6 is 0 Å². The first kappa shape index (κ1) is 32.5. The van der Waals surface area contributed by atoms with Crippen LogP contribution in [0.3, 0.4) is 0 Å². The van der Waals surface area contributed by atoms with Gasteiger partial charge in [0, 0.05) is 49.6 Å². The fraction of sp³-hybridized carbons (Fsp3) is 0.389. The molecule has 1 saturated heterocycles. The molecule has 1 aliphatic carbocycles. The molecule has 46 heavy (non-hydrogen) atoms. The van der Waals surface area contributed by atoms with E-state index < -0.39 is 0 Å². The molecule has 2 atom stereocenters. The van der Waals surface area contributed by atoms with Crippen molar-refractivity contribution in [1.29, 1.82) is 5.26 Å². The van der Waals surface area contributed by atoms with Crippen molar-refractivity contribution in [2.45, 2.75) is 63.7 Å². The zero-order valence-corrected chi connectivity index (χ0v) is 26.9. The minimum Gasteiger partial charge on any atom is -0.367 e. The van der Waals surface area contributed by atoms with Gasteiger partial charge in [-0.25, -0.2) is 9.78 Å². The molecular weight excluding hydrogens is 576 g/mol. The Morgan fingerprint density at radius 3 is 2.50 bits per heavy atom. The Balaban J connectivity index is 1.41. The quantitative estimate of drug-likeness (QED) is 0.254. The molecule has 2 aromatic carbocycles. The number of pyridine rings is 1. The summed E-state index contributed by atoms with van der Waals surface area (Å²) in [6.45, 7) is 10.4. The van der Waals surface area contributed by atoms with Gasteiger partial charge in [-0.15, -0.1) is 0 Å². The van der Waals surface area contributed by atoms with Gasteiger partial charge in [0.25, 0.3) is 0 Å². The molecule has 1 saturated carbocycles. The van der Waals surface area contributed by atoms with Crippen LogP contribution in [0.2, 0.25) is 0 Å². The van der Waals surface area contributed by atoms with E-state index >= 15 is 0 Å². The van der Waals surface area contributed by atoms with E-state index in [0.29, 0.717) is 17.3 Å². The van der Waals surface area contributed by atoms with Gasteiger partial charge in [-0.2, -0.15) is 5.26 Å². The smallest absolute Gasteiger partial charge is 0.322 e. The molecule has 2 fully saturated rings. The van der Waals surface area contributed by atoms with E-state index in [-0.39, 0.29) is 30.1 Å². The summed E-state index contributed by atoms with van der Waals surface area (Å²) in [5.74, 6) is 0.447. The van der Waals surface area contributed by atoms with E-state index in [9.17, 15) is 9.59 Å². The van der Waals surface area contributed by atoms with Crippen LogP contribution in [-0.2, 0) is 4.79 Å². The normalized spacial score (nSPS) is 20.6. The molecule has 0 radical (unpaired) electrons. The van der Waals surface area contributed by atoms with Crippen LogP contribution in [0.5, 0.6) is 0 Å². The molecule has 2 aliphatic rings. The number of rotatable bonds is 9. The fourth-order valence-electron chi connectivity index (χ4n) is 6.31. The average Bonchev–Trinajstić information content (AvgIpc) is 3.07. The number of amides is 3. The highest BCUT2D eigenvalue weighted by molar-refractivity contribution is 6.02. The second-order valence-electron chi connectivity index (χ2n) is 12.3. The van der Waals surface area contributed by atoms with Crippen molar-refractivity contribution in [3.05, 3.63) is 90.6 Å². The largest absolute Gasteiger partial charge is 0.367 e. The van der Waals surface area contributed by atoms with Gasteiger partial charge in [0.1, 0.15) is 11.9 Å². The first-order valence-corrected chi connectivity index (χ1v) is 16.1. The average molecular weight is 621 g/mol. The number of nitrogens with zero attached hydrogens (tertiary/aromatic N) is 5. The lowest BCUT2D eigenvalue weighted by atomic mass is 9.89. The maximum atomic E-state index is 14.2. The number of likely N-dealkylation sites (N-methyl/N-ethyl adjacent to an activating group) is 1. The van der Waals surface area contributed by atoms with Gasteiger partial charge in [0.05, 0.1) is 23.0 Å². The second-order valence-corrected chi connectivity index (χ2v) is 12.3. The third-order valence-corrected chi connectivity index (χ3v) is 9.17. The van der Waals surface area contributed by atoms with Gasteiger partial charge >= 0.3 is 6.03 Å². The zero-order chi connectivity index (χ0) is 32.6. The zero-order valence-electron chi connectivity index (χ0n) is 26.9. The van der Waals surface area contributed by atoms with E-state index in [0.717, 1.165) is 68.1 Å². The fourth-order valence-corrected chi connectivity index (χ4v) is 6.31. The Bertz CT molecular complexity index is 1550. The highest BCUT2D eigenvalue weighted by atomic mass is 16.2. The van der Waals surface area contributed by atoms with Crippen LogP contribution in [-0.4, -0.2) is 66.6 Å². The Morgan fingerprint density at radius 2 is 1.85 bits per heavy atom. The summed E-state index contributed by atoms with van der Waals surface area (Å²) in [5, 5.41) is 18.8. The van der Waals surface area contributed by atoms with Crippen molar-refractivity contribution < 1.29 is 9.59 Å². The third kappa shape index (κ3) is 7.85. The van der Waals surface area contributed by atoms with Gasteiger partial charge < -0.3 is 25.8 Å². The first-order valence-electron chi connectivity index (χ1n) is 16.1. The summed E-state index contributed by atoms with van der Waals surface area (Å²) >= 11 is 0. The summed E-state index contributed by atoms with van der Waals surface area (Å²) in [6, 6.07) is 21.7.